The van der Waals surface area contributed by atoms with E-state index in [1.807, 2.05) is 34.6 Å². The van der Waals surface area contributed by atoms with E-state index in [9.17, 15) is 34.8 Å². The lowest BCUT2D eigenvalue weighted by Gasteiger charge is -2.66. The molecule has 0 bridgehead atoms. The van der Waals surface area contributed by atoms with Crippen molar-refractivity contribution in [3.05, 3.63) is 82.9 Å². The average molecular weight is 748 g/mol. The number of amides is 1. The van der Waals surface area contributed by atoms with Gasteiger partial charge in [0.25, 0.3) is 5.91 Å². The van der Waals surface area contributed by atoms with Gasteiger partial charge in [0, 0.05) is 41.1 Å². The van der Waals surface area contributed by atoms with E-state index in [2.05, 4.69) is 5.32 Å². The van der Waals surface area contributed by atoms with Crippen molar-refractivity contribution in [1.82, 2.24) is 5.32 Å². The van der Waals surface area contributed by atoms with Crippen molar-refractivity contribution >= 4 is 17.8 Å². The SMILES string of the molecule is CC1=C2[C@H](C)[C@H](O)[C@@]3(C)[C@H]([C@H](OC(=O)c4ccccc4)[C@]2(C(C)(C)O)C[C@@H]1OC(=O)[C@H](O)[C@H](CC(C)C)NC(=O)c1ccccc1)[C@]1(C)CO[C@@H]1C[C@@H]3O. The van der Waals surface area contributed by atoms with E-state index < -0.39 is 88.1 Å². The third-order valence-electron chi connectivity index (χ3n) is 13.4. The summed E-state index contributed by atoms with van der Waals surface area (Å²) in [6.07, 6.45) is -5.87. The van der Waals surface area contributed by atoms with Crippen LogP contribution >= 0.6 is 0 Å². The van der Waals surface area contributed by atoms with Crippen LogP contribution < -0.4 is 5.32 Å². The predicted molar refractivity (Wildman–Crippen MR) is 200 cm³/mol. The number of rotatable bonds is 10. The van der Waals surface area contributed by atoms with Gasteiger partial charge in [-0.05, 0) is 68.5 Å². The number of carbonyl (C=O) groups is 3. The third kappa shape index (κ3) is 6.39. The molecular formula is C43H57NO10. The van der Waals surface area contributed by atoms with Gasteiger partial charge in [-0.3, -0.25) is 4.79 Å². The Morgan fingerprint density at radius 2 is 1.57 bits per heavy atom. The number of benzene rings is 2. The monoisotopic (exact) mass is 747 g/mol. The van der Waals surface area contributed by atoms with Crippen molar-refractivity contribution in [1.29, 1.82) is 0 Å². The van der Waals surface area contributed by atoms with Gasteiger partial charge in [-0.15, -0.1) is 0 Å². The summed E-state index contributed by atoms with van der Waals surface area (Å²) in [5, 5.41) is 51.2. The van der Waals surface area contributed by atoms with Crippen LogP contribution in [0.3, 0.4) is 0 Å². The van der Waals surface area contributed by atoms with Crippen molar-refractivity contribution in [3.8, 4) is 0 Å². The third-order valence-corrected chi connectivity index (χ3v) is 13.4. The highest BCUT2D eigenvalue weighted by molar-refractivity contribution is 5.94. The Balaban J connectivity index is 1.43. The van der Waals surface area contributed by atoms with Gasteiger partial charge in [-0.1, -0.05) is 71.0 Å². The van der Waals surface area contributed by atoms with Crippen LogP contribution in [0.25, 0.3) is 0 Å². The molecule has 12 atom stereocenters. The van der Waals surface area contributed by atoms with Crippen LogP contribution in [0.5, 0.6) is 0 Å². The predicted octanol–water partition coefficient (Wildman–Crippen LogP) is 4.61. The zero-order valence-corrected chi connectivity index (χ0v) is 32.6. The van der Waals surface area contributed by atoms with Gasteiger partial charge in [0.15, 0.2) is 6.10 Å². The fraction of sp³-hybridized carbons (Fsp3) is 0.605. The first-order chi connectivity index (χ1) is 25.3. The van der Waals surface area contributed by atoms with Crippen LogP contribution in [0.4, 0.5) is 0 Å². The topological polar surface area (TPSA) is 172 Å². The molecule has 1 heterocycles. The number of hydrogen-bond acceptors (Lipinski definition) is 10. The zero-order valence-electron chi connectivity index (χ0n) is 32.6. The second-order valence-corrected chi connectivity index (χ2v) is 17.6. The second-order valence-electron chi connectivity index (χ2n) is 17.6. The number of ether oxygens (including phenoxy) is 3. The molecule has 1 aliphatic heterocycles. The molecular weight excluding hydrogens is 690 g/mol. The molecule has 6 rings (SSSR count). The summed E-state index contributed by atoms with van der Waals surface area (Å²) in [6.45, 7) is 14.9. The van der Waals surface area contributed by atoms with Gasteiger partial charge in [-0.2, -0.15) is 0 Å². The van der Waals surface area contributed by atoms with Gasteiger partial charge in [-0.25, -0.2) is 9.59 Å². The lowest BCUT2D eigenvalue weighted by molar-refractivity contribution is -0.317. The minimum atomic E-state index is -1.72. The quantitative estimate of drug-likeness (QED) is 0.171. The Morgan fingerprint density at radius 3 is 2.11 bits per heavy atom. The Hall–Kier alpha value is -3.61. The van der Waals surface area contributed by atoms with Crippen LogP contribution in [0, 0.1) is 34.0 Å². The molecule has 0 spiro atoms. The molecule has 0 aromatic heterocycles. The molecule has 3 aliphatic carbocycles. The highest BCUT2D eigenvalue weighted by Gasteiger charge is 2.76. The molecule has 4 aliphatic rings. The first kappa shape index (κ1) is 40.1. The molecule has 0 radical (unpaired) electrons. The molecule has 54 heavy (non-hydrogen) atoms. The van der Waals surface area contributed by atoms with E-state index in [-0.39, 0.29) is 24.9 Å². The zero-order chi connectivity index (χ0) is 39.5. The Morgan fingerprint density at radius 1 is 0.981 bits per heavy atom. The molecule has 2 saturated carbocycles. The van der Waals surface area contributed by atoms with Crippen molar-refractivity contribution in [3.63, 3.8) is 0 Å². The van der Waals surface area contributed by atoms with E-state index in [1.54, 1.807) is 81.4 Å². The van der Waals surface area contributed by atoms with Crippen molar-refractivity contribution < 1.29 is 49.0 Å². The van der Waals surface area contributed by atoms with Crippen molar-refractivity contribution in [2.75, 3.05) is 6.61 Å². The normalized spacial score (nSPS) is 35.8. The molecule has 3 fully saturated rings. The smallest absolute Gasteiger partial charge is 0.338 e. The maximum absolute atomic E-state index is 14.2. The van der Waals surface area contributed by atoms with Crippen LogP contribution in [0.2, 0.25) is 0 Å². The van der Waals surface area contributed by atoms with E-state index in [4.69, 9.17) is 14.2 Å². The van der Waals surface area contributed by atoms with Crippen LogP contribution in [0.15, 0.2) is 71.8 Å². The minimum absolute atomic E-state index is 0.0113. The highest BCUT2D eigenvalue weighted by atomic mass is 16.6. The number of nitrogens with one attached hydrogen (secondary N) is 1. The number of fused-ring (bicyclic) bond motifs is 4. The standard InChI is InChI=1S/C43H57NO10/c1-23(2)19-28(44-37(48)26-15-11-9-12-16-26)33(46)39(50)53-29-21-43(40(5,6)51)32(24(29)3)25(4)35(47)42(8)30(45)20-31-41(7,22-52-31)34(42)36(43)54-38(49)27-17-13-10-14-18-27/h9-18,23,25,28-31,33-36,45-47,51H,19-22H2,1-8H3,(H,44,48)/t25-,28-,29-,30-,31+,33+,34+,35-,36-,41+,42+,43-/m0/s1. The van der Waals surface area contributed by atoms with Crippen LogP contribution in [0.1, 0.15) is 95.4 Å². The van der Waals surface area contributed by atoms with Gasteiger partial charge >= 0.3 is 11.9 Å². The maximum Gasteiger partial charge on any atom is 0.338 e. The molecule has 5 N–H and O–H groups in total. The fourth-order valence-corrected chi connectivity index (χ4v) is 10.6. The molecule has 2 aromatic rings. The van der Waals surface area contributed by atoms with E-state index in [0.29, 0.717) is 35.3 Å². The van der Waals surface area contributed by atoms with Crippen molar-refractivity contribution in [2.45, 2.75) is 123 Å². The largest absolute Gasteiger partial charge is 0.457 e. The lowest BCUT2D eigenvalue weighted by Crippen LogP contribution is -2.73. The summed E-state index contributed by atoms with van der Waals surface area (Å²) < 4.78 is 18.9. The van der Waals surface area contributed by atoms with E-state index in [1.165, 1.54) is 0 Å². The van der Waals surface area contributed by atoms with E-state index >= 15 is 0 Å². The Kier molecular flexibility index (Phi) is 10.7. The first-order valence-electron chi connectivity index (χ1n) is 19.2. The first-order valence-corrected chi connectivity index (χ1v) is 19.2. The maximum atomic E-state index is 14.2. The molecule has 1 amide bonds. The summed E-state index contributed by atoms with van der Waals surface area (Å²) >= 11 is 0. The fourth-order valence-electron chi connectivity index (χ4n) is 10.6. The summed E-state index contributed by atoms with van der Waals surface area (Å²) in [6, 6.07) is 16.1. The summed E-state index contributed by atoms with van der Waals surface area (Å²) in [5.74, 6) is -3.41. The lowest BCUT2D eigenvalue weighted by atomic mass is 9.46. The number of carbonyl (C=O) groups excluding carboxylic acids is 3. The minimum Gasteiger partial charge on any atom is -0.457 e. The Bertz CT molecular complexity index is 1760. The molecule has 2 aromatic carbocycles. The number of hydrogen-bond donors (Lipinski definition) is 5. The van der Waals surface area contributed by atoms with Gasteiger partial charge < -0.3 is 40.0 Å². The van der Waals surface area contributed by atoms with Gasteiger partial charge in [0.05, 0.1) is 47.5 Å². The van der Waals surface area contributed by atoms with Gasteiger partial charge in [0.2, 0.25) is 0 Å². The average Bonchev–Trinajstić information content (AvgIpc) is 3.40. The number of aliphatic hydroxyl groups excluding tert-OH is 3. The summed E-state index contributed by atoms with van der Waals surface area (Å²) in [7, 11) is 0. The molecule has 1 saturated heterocycles. The molecule has 0 unspecified atom stereocenters. The summed E-state index contributed by atoms with van der Waals surface area (Å²) in [5.41, 5.74) is -3.11. The highest BCUT2D eigenvalue weighted by Crippen LogP contribution is 2.70. The molecule has 11 nitrogen and oxygen atoms in total. The van der Waals surface area contributed by atoms with Crippen LogP contribution in [-0.2, 0) is 19.0 Å². The summed E-state index contributed by atoms with van der Waals surface area (Å²) in [4.78, 5) is 41.3. The van der Waals surface area contributed by atoms with Crippen molar-refractivity contribution in [2.24, 2.45) is 34.0 Å². The number of aliphatic hydroxyl groups is 4. The molecule has 294 valence electrons. The Labute approximate surface area is 318 Å². The van der Waals surface area contributed by atoms with E-state index in [0.717, 1.165) is 0 Å². The number of esters is 2. The van der Waals surface area contributed by atoms with Gasteiger partial charge in [0.1, 0.15) is 12.2 Å². The second kappa shape index (κ2) is 14.5. The molecule has 11 heteroatoms. The van der Waals surface area contributed by atoms with Crippen LogP contribution in [-0.4, -0.2) is 93.1 Å².